The van der Waals surface area contributed by atoms with Crippen LogP contribution >= 0.6 is 0 Å². The van der Waals surface area contributed by atoms with Crippen LogP contribution in [0.5, 0.6) is 0 Å². The van der Waals surface area contributed by atoms with Crippen molar-refractivity contribution in [2.24, 2.45) is 0 Å². The van der Waals surface area contributed by atoms with Gasteiger partial charge in [-0.2, -0.15) is 10.2 Å². The maximum absolute atomic E-state index is 11.8. The first-order chi connectivity index (χ1) is 8.72. The molecule has 6 heteroatoms. The molecule has 18 heavy (non-hydrogen) atoms. The van der Waals surface area contributed by atoms with Gasteiger partial charge in [0.2, 0.25) is 0 Å². The van der Waals surface area contributed by atoms with E-state index in [1.807, 2.05) is 24.7 Å². The molecule has 1 N–H and O–H groups in total. The Hall–Kier alpha value is -2.11. The normalized spacial score (nSPS) is 10.6. The van der Waals surface area contributed by atoms with Gasteiger partial charge >= 0.3 is 0 Å². The first-order valence-electron chi connectivity index (χ1n) is 6.05. The van der Waals surface area contributed by atoms with Crippen LogP contribution in [0.15, 0.2) is 24.8 Å². The van der Waals surface area contributed by atoms with E-state index in [0.29, 0.717) is 12.1 Å². The van der Waals surface area contributed by atoms with E-state index >= 15 is 0 Å². The van der Waals surface area contributed by atoms with E-state index < -0.39 is 0 Å². The molecule has 2 heterocycles. The molecule has 2 aromatic rings. The van der Waals surface area contributed by atoms with Gasteiger partial charge in [-0.15, -0.1) is 0 Å². The van der Waals surface area contributed by atoms with Gasteiger partial charge in [0.15, 0.2) is 0 Å². The molecule has 0 saturated heterocycles. The number of hydrogen-bond donors (Lipinski definition) is 1. The first kappa shape index (κ1) is 12.3. The number of nitrogens with one attached hydrogen (secondary N) is 1. The van der Waals surface area contributed by atoms with Gasteiger partial charge in [0.25, 0.3) is 5.91 Å². The summed E-state index contributed by atoms with van der Waals surface area (Å²) in [5.74, 6) is -0.112. The van der Waals surface area contributed by atoms with Crippen molar-refractivity contribution in [1.29, 1.82) is 0 Å². The van der Waals surface area contributed by atoms with Crippen LogP contribution in [0.4, 0.5) is 0 Å². The molecule has 2 aromatic heterocycles. The molecule has 96 valence electrons. The summed E-state index contributed by atoms with van der Waals surface area (Å²) in [7, 11) is 0. The number of carbonyl (C=O) groups is 1. The second-order valence-corrected chi connectivity index (χ2v) is 3.97. The van der Waals surface area contributed by atoms with Crippen LogP contribution in [-0.2, 0) is 19.6 Å². The smallest absolute Gasteiger partial charge is 0.254 e. The number of hydrogen-bond acceptors (Lipinski definition) is 3. The summed E-state index contributed by atoms with van der Waals surface area (Å²) in [6, 6.07) is 0. The molecule has 0 fully saturated rings. The van der Waals surface area contributed by atoms with Crippen molar-refractivity contribution in [3.05, 3.63) is 35.9 Å². The summed E-state index contributed by atoms with van der Waals surface area (Å²) < 4.78 is 3.56. The lowest BCUT2D eigenvalue weighted by atomic mass is 10.3. The van der Waals surface area contributed by atoms with Crippen LogP contribution in [0.25, 0.3) is 0 Å². The molecule has 0 saturated carbocycles. The molecule has 1 amide bonds. The van der Waals surface area contributed by atoms with Crippen LogP contribution in [0, 0.1) is 0 Å². The minimum atomic E-state index is -0.112. The molecule has 0 atom stereocenters. The molecule has 0 radical (unpaired) electrons. The van der Waals surface area contributed by atoms with Gasteiger partial charge in [-0.05, 0) is 13.8 Å². The zero-order valence-corrected chi connectivity index (χ0v) is 10.6. The van der Waals surface area contributed by atoms with Gasteiger partial charge < -0.3 is 5.32 Å². The van der Waals surface area contributed by atoms with Gasteiger partial charge in [0.05, 0.1) is 18.0 Å². The largest absolute Gasteiger partial charge is 0.348 e. The van der Waals surface area contributed by atoms with Crippen LogP contribution in [-0.4, -0.2) is 25.5 Å². The van der Waals surface area contributed by atoms with Crippen molar-refractivity contribution < 1.29 is 4.79 Å². The summed E-state index contributed by atoms with van der Waals surface area (Å²) in [5, 5.41) is 11.1. The highest BCUT2D eigenvalue weighted by Crippen LogP contribution is 2.00. The van der Waals surface area contributed by atoms with E-state index in [-0.39, 0.29) is 5.91 Å². The molecule has 0 bridgehead atoms. The molecule has 0 unspecified atom stereocenters. The third kappa shape index (κ3) is 2.77. The lowest BCUT2D eigenvalue weighted by molar-refractivity contribution is 0.0951. The zero-order valence-electron chi connectivity index (χ0n) is 10.6. The van der Waals surface area contributed by atoms with E-state index in [4.69, 9.17) is 0 Å². The van der Waals surface area contributed by atoms with Crippen molar-refractivity contribution in [3.8, 4) is 0 Å². The Balaban J connectivity index is 1.91. The van der Waals surface area contributed by atoms with Gasteiger partial charge in [0, 0.05) is 37.6 Å². The number of aromatic nitrogens is 4. The Morgan fingerprint density at radius 1 is 1.17 bits per heavy atom. The number of aryl methyl sites for hydroxylation is 2. The average molecular weight is 247 g/mol. The molecule has 0 aliphatic rings. The highest BCUT2D eigenvalue weighted by Gasteiger charge is 2.08. The predicted octanol–water partition coefficient (Wildman–Crippen LogP) is 1.05. The van der Waals surface area contributed by atoms with Crippen LogP contribution < -0.4 is 5.32 Å². The summed E-state index contributed by atoms with van der Waals surface area (Å²) in [4.78, 5) is 11.8. The third-order valence-electron chi connectivity index (χ3n) is 2.68. The minimum Gasteiger partial charge on any atom is -0.348 e. The fourth-order valence-electron chi connectivity index (χ4n) is 1.61. The van der Waals surface area contributed by atoms with Crippen LogP contribution in [0.1, 0.15) is 29.8 Å². The number of carbonyl (C=O) groups excluding carboxylic acids is 1. The predicted molar refractivity (Wildman–Crippen MR) is 67.0 cm³/mol. The van der Waals surface area contributed by atoms with Crippen LogP contribution in [0.2, 0.25) is 0 Å². The van der Waals surface area contributed by atoms with Crippen LogP contribution in [0.3, 0.4) is 0 Å². The molecular formula is C12H17N5O. The Labute approximate surface area is 106 Å². The van der Waals surface area contributed by atoms with Crippen molar-refractivity contribution in [2.75, 3.05) is 0 Å². The highest BCUT2D eigenvalue weighted by atomic mass is 16.1. The Morgan fingerprint density at radius 3 is 2.44 bits per heavy atom. The van der Waals surface area contributed by atoms with E-state index in [1.54, 1.807) is 23.3 Å². The fraction of sp³-hybridized carbons (Fsp3) is 0.417. The van der Waals surface area contributed by atoms with Gasteiger partial charge in [-0.25, -0.2) is 0 Å². The topological polar surface area (TPSA) is 64.7 Å². The average Bonchev–Trinajstić information content (AvgIpc) is 3.04. The monoisotopic (exact) mass is 247 g/mol. The van der Waals surface area contributed by atoms with Gasteiger partial charge in [-0.1, -0.05) is 0 Å². The lowest BCUT2D eigenvalue weighted by Crippen LogP contribution is -2.22. The van der Waals surface area contributed by atoms with Gasteiger partial charge in [0.1, 0.15) is 0 Å². The summed E-state index contributed by atoms with van der Waals surface area (Å²) in [6.45, 7) is 6.08. The SMILES string of the molecule is CCn1cc(CNC(=O)c2cnn(CC)c2)cn1. The first-order valence-corrected chi connectivity index (χ1v) is 6.05. The quantitative estimate of drug-likeness (QED) is 0.859. The number of rotatable bonds is 5. The Bertz CT molecular complexity index is 528. The Kier molecular flexibility index (Phi) is 3.76. The molecule has 0 aromatic carbocycles. The second kappa shape index (κ2) is 5.48. The standard InChI is InChI=1S/C12H17N5O/c1-3-16-8-10(6-14-16)5-13-12(18)11-7-15-17(4-2)9-11/h6-9H,3-5H2,1-2H3,(H,13,18). The lowest BCUT2D eigenvalue weighted by Gasteiger charge is -2.00. The van der Waals surface area contributed by atoms with E-state index in [9.17, 15) is 4.79 Å². The fourth-order valence-corrected chi connectivity index (χ4v) is 1.61. The Morgan fingerprint density at radius 2 is 1.83 bits per heavy atom. The highest BCUT2D eigenvalue weighted by molar-refractivity contribution is 5.93. The van der Waals surface area contributed by atoms with Crippen molar-refractivity contribution in [2.45, 2.75) is 33.5 Å². The number of amides is 1. The molecule has 0 spiro atoms. The second-order valence-electron chi connectivity index (χ2n) is 3.97. The van der Waals surface area contributed by atoms with E-state index in [2.05, 4.69) is 15.5 Å². The molecule has 2 rings (SSSR count). The van der Waals surface area contributed by atoms with Crippen molar-refractivity contribution in [3.63, 3.8) is 0 Å². The minimum absolute atomic E-state index is 0.112. The number of nitrogens with zero attached hydrogens (tertiary/aromatic N) is 4. The molecule has 0 aliphatic carbocycles. The zero-order chi connectivity index (χ0) is 13.0. The summed E-state index contributed by atoms with van der Waals surface area (Å²) in [5.41, 5.74) is 1.58. The molecule has 0 aliphatic heterocycles. The van der Waals surface area contributed by atoms with Gasteiger partial charge in [-0.3, -0.25) is 14.2 Å². The van der Waals surface area contributed by atoms with Crippen molar-refractivity contribution >= 4 is 5.91 Å². The van der Waals surface area contributed by atoms with E-state index in [0.717, 1.165) is 18.7 Å². The van der Waals surface area contributed by atoms with E-state index in [1.165, 1.54) is 0 Å². The maximum atomic E-state index is 11.8. The third-order valence-corrected chi connectivity index (χ3v) is 2.68. The summed E-state index contributed by atoms with van der Waals surface area (Å²) >= 11 is 0. The molecule has 6 nitrogen and oxygen atoms in total. The maximum Gasteiger partial charge on any atom is 0.254 e. The summed E-state index contributed by atoms with van der Waals surface area (Å²) in [6.07, 6.45) is 7.01. The molecular weight excluding hydrogens is 230 g/mol. The van der Waals surface area contributed by atoms with Crippen molar-refractivity contribution in [1.82, 2.24) is 24.9 Å².